The van der Waals surface area contributed by atoms with Crippen molar-refractivity contribution in [3.63, 3.8) is 0 Å². The molecule has 1 saturated heterocycles. The molecule has 3 aromatic rings. The van der Waals surface area contributed by atoms with Crippen molar-refractivity contribution in [3.05, 3.63) is 41.5 Å². The average Bonchev–Trinajstić information content (AvgIpc) is 3.13. The van der Waals surface area contributed by atoms with E-state index in [4.69, 9.17) is 9.47 Å². The van der Waals surface area contributed by atoms with Crippen LogP contribution >= 0.6 is 0 Å². The molecular formula is C22H23NO3. The van der Waals surface area contributed by atoms with Crippen LogP contribution in [-0.2, 0) is 13.0 Å². The summed E-state index contributed by atoms with van der Waals surface area (Å²) in [4.78, 5) is 2.61. The Morgan fingerprint density at radius 2 is 1.81 bits per heavy atom. The zero-order chi connectivity index (χ0) is 17.8. The van der Waals surface area contributed by atoms with E-state index < -0.39 is 0 Å². The Bertz CT molecular complexity index is 1030. The number of aromatic hydroxyl groups is 1. The van der Waals surface area contributed by atoms with Crippen molar-refractivity contribution in [1.82, 2.24) is 4.90 Å². The molecule has 0 bridgehead atoms. The Morgan fingerprint density at radius 3 is 2.62 bits per heavy atom. The minimum atomic E-state index is 0.180. The lowest BCUT2D eigenvalue weighted by atomic mass is 9.85. The summed E-state index contributed by atoms with van der Waals surface area (Å²) >= 11 is 0. The first-order valence-corrected chi connectivity index (χ1v) is 9.26. The minimum Gasteiger partial charge on any atom is -0.504 e. The lowest BCUT2D eigenvalue weighted by Gasteiger charge is -2.33. The Morgan fingerprint density at radius 1 is 0.962 bits per heavy atom. The van der Waals surface area contributed by atoms with Crippen LogP contribution in [0.5, 0.6) is 17.2 Å². The van der Waals surface area contributed by atoms with Crippen LogP contribution < -0.4 is 9.47 Å². The summed E-state index contributed by atoms with van der Waals surface area (Å²) in [5.41, 5.74) is 2.83. The molecule has 5 rings (SSSR count). The Balaban J connectivity index is 1.89. The monoisotopic (exact) mass is 349 g/mol. The van der Waals surface area contributed by atoms with Crippen molar-refractivity contribution >= 4 is 21.5 Å². The molecule has 0 radical (unpaired) electrons. The van der Waals surface area contributed by atoms with E-state index >= 15 is 0 Å². The van der Waals surface area contributed by atoms with E-state index in [1.54, 1.807) is 14.2 Å². The SMILES string of the molecule is COc1ccc2c3c(c4cc(OC)c(O)cc4c2c1)CN1CCC[C@H]1C3. The van der Waals surface area contributed by atoms with Crippen LogP contribution in [0.15, 0.2) is 30.3 Å². The maximum absolute atomic E-state index is 10.4. The van der Waals surface area contributed by atoms with Crippen LogP contribution in [0.4, 0.5) is 0 Å². The lowest BCUT2D eigenvalue weighted by Crippen LogP contribution is -2.35. The van der Waals surface area contributed by atoms with Crippen LogP contribution in [0.25, 0.3) is 21.5 Å². The molecule has 2 aliphatic rings. The average molecular weight is 349 g/mol. The van der Waals surface area contributed by atoms with Gasteiger partial charge in [0.2, 0.25) is 0 Å². The summed E-state index contributed by atoms with van der Waals surface area (Å²) in [5.74, 6) is 1.55. The highest BCUT2D eigenvalue weighted by atomic mass is 16.5. The normalized spacial score (nSPS) is 19.5. The summed E-state index contributed by atoms with van der Waals surface area (Å²) < 4.78 is 10.9. The topological polar surface area (TPSA) is 41.9 Å². The first-order valence-electron chi connectivity index (χ1n) is 9.26. The number of hydrogen-bond donors (Lipinski definition) is 1. The number of fused-ring (bicyclic) bond motifs is 7. The molecule has 1 atom stereocenters. The van der Waals surface area contributed by atoms with Gasteiger partial charge in [-0.3, -0.25) is 4.90 Å². The van der Waals surface area contributed by atoms with Crippen molar-refractivity contribution < 1.29 is 14.6 Å². The number of ether oxygens (including phenoxy) is 2. The highest BCUT2D eigenvalue weighted by molar-refractivity contribution is 6.12. The highest BCUT2D eigenvalue weighted by Gasteiger charge is 2.32. The van der Waals surface area contributed by atoms with E-state index in [9.17, 15) is 5.11 Å². The highest BCUT2D eigenvalue weighted by Crippen LogP contribution is 2.43. The van der Waals surface area contributed by atoms with Gasteiger partial charge in [0.1, 0.15) is 5.75 Å². The zero-order valence-electron chi connectivity index (χ0n) is 15.2. The second-order valence-electron chi connectivity index (χ2n) is 7.41. The predicted octanol–water partition coefficient (Wildman–Crippen LogP) is 4.24. The van der Waals surface area contributed by atoms with Gasteiger partial charge in [0.15, 0.2) is 11.5 Å². The third-order valence-corrected chi connectivity index (χ3v) is 6.15. The summed E-state index contributed by atoms with van der Waals surface area (Å²) in [6, 6.07) is 10.8. The van der Waals surface area contributed by atoms with Crippen LogP contribution in [0.3, 0.4) is 0 Å². The van der Waals surface area contributed by atoms with Gasteiger partial charge in [-0.15, -0.1) is 0 Å². The molecule has 4 heteroatoms. The fourth-order valence-corrected chi connectivity index (χ4v) is 4.85. The summed E-state index contributed by atoms with van der Waals surface area (Å²) in [6.45, 7) is 2.16. The number of phenolic OH excluding ortho intramolecular Hbond substituents is 1. The van der Waals surface area contributed by atoms with Crippen molar-refractivity contribution in [3.8, 4) is 17.2 Å². The van der Waals surface area contributed by atoms with Gasteiger partial charge in [-0.1, -0.05) is 6.07 Å². The number of rotatable bonds is 2. The van der Waals surface area contributed by atoms with E-state index in [0.29, 0.717) is 11.8 Å². The number of nitrogens with zero attached hydrogens (tertiary/aromatic N) is 1. The van der Waals surface area contributed by atoms with E-state index in [1.165, 1.54) is 41.3 Å². The largest absolute Gasteiger partial charge is 0.504 e. The van der Waals surface area contributed by atoms with Gasteiger partial charge in [0.05, 0.1) is 14.2 Å². The van der Waals surface area contributed by atoms with Crippen LogP contribution in [0.1, 0.15) is 24.0 Å². The van der Waals surface area contributed by atoms with Gasteiger partial charge in [0, 0.05) is 12.6 Å². The molecule has 3 aromatic carbocycles. The molecule has 1 N–H and O–H groups in total. The Hall–Kier alpha value is -2.46. The zero-order valence-corrected chi connectivity index (χ0v) is 15.2. The summed E-state index contributed by atoms with van der Waals surface area (Å²) in [6.07, 6.45) is 3.66. The summed E-state index contributed by atoms with van der Waals surface area (Å²) in [5, 5.41) is 15.0. The molecule has 134 valence electrons. The Labute approximate surface area is 152 Å². The number of methoxy groups -OCH3 is 2. The fourth-order valence-electron chi connectivity index (χ4n) is 4.85. The number of benzene rings is 3. The number of phenols is 1. The first kappa shape index (κ1) is 15.8. The van der Waals surface area contributed by atoms with Crippen LogP contribution in [-0.4, -0.2) is 36.8 Å². The van der Waals surface area contributed by atoms with Gasteiger partial charge in [-0.05, 0) is 82.7 Å². The molecule has 0 unspecified atom stereocenters. The number of hydrogen-bond acceptors (Lipinski definition) is 4. The molecule has 2 aliphatic heterocycles. The fraction of sp³-hybridized carbons (Fsp3) is 0.364. The summed E-state index contributed by atoms with van der Waals surface area (Å²) in [7, 11) is 3.30. The van der Waals surface area contributed by atoms with E-state index in [0.717, 1.165) is 29.5 Å². The maximum atomic E-state index is 10.4. The molecule has 26 heavy (non-hydrogen) atoms. The minimum absolute atomic E-state index is 0.180. The molecule has 2 heterocycles. The van der Waals surface area contributed by atoms with E-state index in [-0.39, 0.29) is 5.75 Å². The quantitative estimate of drug-likeness (QED) is 0.703. The van der Waals surface area contributed by atoms with Crippen molar-refractivity contribution in [2.45, 2.75) is 31.8 Å². The van der Waals surface area contributed by atoms with Crippen molar-refractivity contribution in [2.75, 3.05) is 20.8 Å². The van der Waals surface area contributed by atoms with Crippen LogP contribution in [0.2, 0.25) is 0 Å². The smallest absolute Gasteiger partial charge is 0.161 e. The third-order valence-electron chi connectivity index (χ3n) is 6.15. The molecule has 0 aliphatic carbocycles. The molecule has 0 amide bonds. The third kappa shape index (κ3) is 2.18. The molecule has 0 saturated carbocycles. The van der Waals surface area contributed by atoms with E-state index in [2.05, 4.69) is 17.0 Å². The van der Waals surface area contributed by atoms with Gasteiger partial charge in [0.25, 0.3) is 0 Å². The predicted molar refractivity (Wildman–Crippen MR) is 103 cm³/mol. The first-order chi connectivity index (χ1) is 12.7. The van der Waals surface area contributed by atoms with Gasteiger partial charge < -0.3 is 14.6 Å². The van der Waals surface area contributed by atoms with Crippen LogP contribution in [0, 0.1) is 0 Å². The van der Waals surface area contributed by atoms with E-state index in [1.807, 2.05) is 18.2 Å². The molecule has 1 fully saturated rings. The van der Waals surface area contributed by atoms with Crippen molar-refractivity contribution in [1.29, 1.82) is 0 Å². The van der Waals surface area contributed by atoms with Gasteiger partial charge >= 0.3 is 0 Å². The lowest BCUT2D eigenvalue weighted by molar-refractivity contribution is 0.229. The Kier molecular flexibility index (Phi) is 3.50. The van der Waals surface area contributed by atoms with Gasteiger partial charge in [-0.25, -0.2) is 0 Å². The second-order valence-corrected chi connectivity index (χ2v) is 7.41. The molecular weight excluding hydrogens is 326 g/mol. The second kappa shape index (κ2) is 5.78. The van der Waals surface area contributed by atoms with Gasteiger partial charge in [-0.2, -0.15) is 0 Å². The molecule has 0 aromatic heterocycles. The standard InChI is InChI=1S/C22H23NO3/c1-25-14-5-6-15-16-8-13-4-3-7-23(13)12-20(16)19-11-22(26-2)21(24)10-18(19)17(15)9-14/h5-6,9-11,13,24H,3-4,7-8,12H2,1-2H3/t13-/m0/s1. The maximum Gasteiger partial charge on any atom is 0.161 e. The van der Waals surface area contributed by atoms with Crippen molar-refractivity contribution in [2.24, 2.45) is 0 Å². The molecule has 4 nitrogen and oxygen atoms in total. The molecule has 0 spiro atoms.